The number of ether oxygens (including phenoxy) is 5. The molecule has 4 heterocycles. The highest BCUT2D eigenvalue weighted by atomic mass is 35.5. The van der Waals surface area contributed by atoms with Gasteiger partial charge in [0.25, 0.3) is 0 Å². The molecule has 3 amide bonds. The molecule has 1 unspecified atom stereocenters. The molecule has 8 atom stereocenters. The zero-order valence-electron chi connectivity index (χ0n) is 42.9. The topological polar surface area (TPSA) is 281 Å². The van der Waals surface area contributed by atoms with Gasteiger partial charge in [0.05, 0.1) is 44.6 Å². The highest BCUT2D eigenvalue weighted by Gasteiger charge is 2.64. The minimum Gasteiger partial charge on any atom is -0.495 e. The monoisotopic (exact) mass is 1160 g/mol. The Hall–Kier alpha value is -4.34. The number of nitrogens with zero attached hydrogens (tertiary/aromatic N) is 3. The molecule has 5 rings (SSSR count). The first-order valence-electron chi connectivity index (χ1n) is 23.5. The fourth-order valence-electron chi connectivity index (χ4n) is 7.49. The lowest BCUT2D eigenvalue weighted by atomic mass is 9.83. The van der Waals surface area contributed by atoms with Crippen LogP contribution in [-0.4, -0.2) is 165 Å². The lowest BCUT2D eigenvalue weighted by Crippen LogP contribution is -2.63. The van der Waals surface area contributed by atoms with Gasteiger partial charge in [0.2, 0.25) is 11.8 Å². The number of carboxylic acid groups (broad SMARTS) is 3. The Labute approximate surface area is 463 Å². The van der Waals surface area contributed by atoms with Crippen LogP contribution < -0.4 is 15.0 Å². The number of thiol groups is 1. The third-order valence-corrected chi connectivity index (χ3v) is 17.2. The smallest absolute Gasteiger partial charge is 0.409 e. The molecule has 3 aliphatic heterocycles. The van der Waals surface area contributed by atoms with E-state index in [9.17, 15) is 38.7 Å². The van der Waals surface area contributed by atoms with E-state index in [0.717, 1.165) is 16.2 Å². The first kappa shape index (κ1) is 64.9. The van der Waals surface area contributed by atoms with Crippen LogP contribution in [0.5, 0.6) is 5.75 Å². The molecular formula is C49H67ClN4O16S5. The minimum atomic E-state index is -1.85. The predicted molar refractivity (Wildman–Crippen MR) is 294 cm³/mol. The van der Waals surface area contributed by atoms with E-state index in [1.54, 1.807) is 51.4 Å². The number of esters is 1. The Morgan fingerprint density at radius 3 is 2.23 bits per heavy atom. The van der Waals surface area contributed by atoms with E-state index in [1.165, 1.54) is 81.2 Å². The second kappa shape index (κ2) is 31.8. The number of pyridine rings is 1. The Morgan fingerprint density at radius 1 is 1.01 bits per heavy atom. The number of carbonyl (C=O) groups excluding carboxylic acids is 4. The average molecular weight is 1160 g/mol. The highest BCUT2D eigenvalue weighted by molar-refractivity contribution is 8.77. The summed E-state index contributed by atoms with van der Waals surface area (Å²) in [5.74, 6) is -2.35. The largest absolute Gasteiger partial charge is 0.495 e. The van der Waals surface area contributed by atoms with Crippen molar-refractivity contribution in [1.82, 2.24) is 15.2 Å². The van der Waals surface area contributed by atoms with Crippen molar-refractivity contribution in [3.8, 4) is 5.75 Å². The number of likely N-dealkylation sites (N-methyl/N-ethyl adjacent to an activating group) is 1. The number of halogens is 1. The van der Waals surface area contributed by atoms with E-state index >= 15 is 0 Å². The van der Waals surface area contributed by atoms with Crippen LogP contribution in [0, 0.1) is 5.92 Å². The van der Waals surface area contributed by atoms with Crippen molar-refractivity contribution in [2.45, 2.75) is 119 Å². The van der Waals surface area contributed by atoms with Crippen molar-refractivity contribution in [1.29, 1.82) is 0 Å². The number of allylic oxidation sites excluding steroid dienone is 3. The number of fused-ring (bicyclic) bond motifs is 5. The summed E-state index contributed by atoms with van der Waals surface area (Å²) in [5.41, 5.74) is -1.02. The van der Waals surface area contributed by atoms with E-state index in [1.807, 2.05) is 31.2 Å². The summed E-state index contributed by atoms with van der Waals surface area (Å²) < 4.78 is 29.2. The number of nitrogens with one attached hydrogen (secondary N) is 1. The number of hydrogen-bond donors (Lipinski definition) is 6. The number of rotatable bonds is 19. The molecule has 4 bridgehead atoms. The molecule has 0 aliphatic carbocycles. The lowest BCUT2D eigenvalue weighted by Gasteiger charge is -2.42. The average Bonchev–Trinajstić information content (AvgIpc) is 4.06. The van der Waals surface area contributed by atoms with Gasteiger partial charge in [-0.25, -0.2) is 14.6 Å². The molecule has 3 aliphatic rings. The van der Waals surface area contributed by atoms with Crippen molar-refractivity contribution >= 4 is 115 Å². The van der Waals surface area contributed by atoms with Gasteiger partial charge in [0.15, 0.2) is 5.72 Å². The van der Waals surface area contributed by atoms with Crippen molar-refractivity contribution < 1.29 is 77.7 Å². The van der Waals surface area contributed by atoms with Crippen molar-refractivity contribution in [2.24, 2.45) is 5.92 Å². The van der Waals surface area contributed by atoms with E-state index in [2.05, 4.69) is 22.9 Å². The van der Waals surface area contributed by atoms with Gasteiger partial charge in [-0.05, 0) is 67.8 Å². The van der Waals surface area contributed by atoms with Gasteiger partial charge < -0.3 is 53.9 Å². The summed E-state index contributed by atoms with van der Waals surface area (Å²) in [5, 5.41) is 40.4. The number of methoxy groups -OCH3 is 2. The maximum absolute atomic E-state index is 14.2. The van der Waals surface area contributed by atoms with Crippen molar-refractivity contribution in [2.75, 3.05) is 56.2 Å². The van der Waals surface area contributed by atoms with E-state index in [-0.39, 0.29) is 49.5 Å². The second-order valence-corrected chi connectivity index (χ2v) is 23.5. The molecule has 416 valence electrons. The second-order valence-electron chi connectivity index (χ2n) is 17.5. The molecule has 2 saturated heterocycles. The standard InChI is InChI=1S/C38H52ClN3O12S2.C8H9NO2S2.C3H6O2S/c1-21-10-9-11-28(51-8)38(49)20-27(52-36(48)40-38)22(2)34-37(4,54-34)29(19-31(44)42(6)25-17-24(16-21)18-26(50-7)33(25)39)53-35(47)23(3)41(5)30(43)12-14-55-56-15-13-32(45)46;10-8(11)4-6-12-13-7-3-1-2-5-9-7;4-3(5)1-2-6/h9-11,17-18,22-23,27-29,34,49H,12-16,19-20H2,1-8H3,(H,40,48)(H,45,46);1-3,5H,4,6H2,(H,10,11);6H,1-2H2,(H,4,5)/b11-9+,21-10+;;/t22-,23+,27+,28-,29?,34+,37-,38+;;/m0../s1. The summed E-state index contributed by atoms with van der Waals surface area (Å²) in [7, 11) is 11.7. The molecule has 0 saturated carbocycles. The third-order valence-electron chi connectivity index (χ3n) is 11.9. The number of epoxide rings is 1. The fourth-order valence-corrected chi connectivity index (χ4v) is 11.8. The number of anilines is 1. The molecule has 20 nitrogen and oxygen atoms in total. The van der Waals surface area contributed by atoms with Gasteiger partial charge in [-0.3, -0.25) is 29.3 Å². The van der Waals surface area contributed by atoms with Crippen LogP contribution in [0.25, 0.3) is 0 Å². The van der Waals surface area contributed by atoms with Gasteiger partial charge in [-0.2, -0.15) is 12.6 Å². The Balaban J connectivity index is 0.000000652. The Bertz CT molecular complexity index is 2340. The van der Waals surface area contributed by atoms with Gasteiger partial charge in [0, 0.05) is 69.2 Å². The van der Waals surface area contributed by atoms with E-state index in [0.29, 0.717) is 40.9 Å². The zero-order chi connectivity index (χ0) is 56.0. The molecule has 2 aromatic rings. The summed E-state index contributed by atoms with van der Waals surface area (Å²) in [6.45, 7) is 6.91. The van der Waals surface area contributed by atoms with Gasteiger partial charge in [-0.1, -0.05) is 80.8 Å². The quantitative estimate of drug-likeness (QED) is 0.0262. The molecule has 1 aromatic carbocycles. The zero-order valence-corrected chi connectivity index (χ0v) is 47.8. The van der Waals surface area contributed by atoms with Crippen molar-refractivity contribution in [3.63, 3.8) is 0 Å². The first-order chi connectivity index (χ1) is 35.4. The summed E-state index contributed by atoms with van der Waals surface area (Å²) in [4.78, 5) is 91.0. The molecule has 1 aromatic heterocycles. The number of aliphatic hydroxyl groups is 1. The Kier molecular flexibility index (Phi) is 27.5. The number of carbonyl (C=O) groups is 7. The predicted octanol–water partition coefficient (Wildman–Crippen LogP) is 7.45. The maximum atomic E-state index is 14.2. The first-order valence-corrected chi connectivity index (χ1v) is 29.3. The molecular weight excluding hydrogens is 1100 g/mol. The maximum Gasteiger partial charge on any atom is 0.409 e. The van der Waals surface area contributed by atoms with Crippen LogP contribution in [-0.2, 0) is 54.1 Å². The van der Waals surface area contributed by atoms with Crippen LogP contribution >= 0.6 is 67.4 Å². The fraction of sp³-hybridized carbons (Fsp3) is 0.551. The number of hydrogen-bond acceptors (Lipinski definition) is 19. The number of aliphatic carboxylic acids is 3. The van der Waals surface area contributed by atoms with Crippen LogP contribution in [0.4, 0.5) is 10.5 Å². The Morgan fingerprint density at radius 2 is 1.65 bits per heavy atom. The third kappa shape index (κ3) is 20.9. The number of benzene rings is 1. The van der Waals surface area contributed by atoms with Crippen LogP contribution in [0.2, 0.25) is 5.02 Å². The van der Waals surface area contributed by atoms with Gasteiger partial charge in [0.1, 0.15) is 45.8 Å². The normalized spacial score (nSPS) is 24.8. The van der Waals surface area contributed by atoms with Crippen LogP contribution in [0.3, 0.4) is 0 Å². The molecule has 2 fully saturated rings. The number of amides is 3. The number of carboxylic acids is 3. The summed E-state index contributed by atoms with van der Waals surface area (Å²) >= 11 is 10.4. The van der Waals surface area contributed by atoms with Gasteiger partial charge >= 0.3 is 30.0 Å². The highest BCUT2D eigenvalue weighted by Crippen LogP contribution is 2.49. The van der Waals surface area contributed by atoms with E-state index in [4.69, 9.17) is 50.6 Å². The summed E-state index contributed by atoms with van der Waals surface area (Å²) in [6, 6.07) is 8.18. The number of aromatic nitrogens is 1. The minimum absolute atomic E-state index is 0.0120. The molecule has 0 radical (unpaired) electrons. The van der Waals surface area contributed by atoms with Crippen LogP contribution in [0.1, 0.15) is 71.8 Å². The van der Waals surface area contributed by atoms with Crippen LogP contribution in [0.15, 0.2) is 65.4 Å². The SMILES string of the molecule is COc1cc2cc(c1Cl)N(C)C(=O)CC(OC(=O)[C@@H](C)N(C)C(=O)CCSSCCC(=O)O)[C@]1(C)O[C@@H]1[C@@H](C)[C@H]1C[C@](O)(NC(=O)O1)[C@@H](OC)/C=C/C=C(\C)C2.O=C(O)CCS.O=C(O)CCSSc1ccccn1. The summed E-state index contributed by atoms with van der Waals surface area (Å²) in [6.07, 6.45) is 2.89. The molecule has 0 spiro atoms. The number of alkyl carbamates (subject to hydrolysis) is 1. The van der Waals surface area contributed by atoms with Crippen molar-refractivity contribution in [3.05, 3.63) is 70.9 Å². The molecule has 26 heteroatoms. The molecule has 75 heavy (non-hydrogen) atoms. The lowest BCUT2D eigenvalue weighted by molar-refractivity contribution is -0.162. The molecule has 5 N–H and O–H groups in total. The van der Waals surface area contributed by atoms with E-state index < -0.39 is 83.6 Å². The van der Waals surface area contributed by atoms with Gasteiger partial charge in [-0.15, -0.1) is 0 Å².